The zero-order valence-corrected chi connectivity index (χ0v) is 17.5. The molecule has 2 saturated heterocycles. The van der Waals surface area contributed by atoms with Crippen molar-refractivity contribution >= 4 is 33.5 Å². The third-order valence-electron chi connectivity index (χ3n) is 5.92. The number of likely N-dealkylation sites (tertiary alicyclic amines) is 1. The Hall–Kier alpha value is -2.77. The third-order valence-corrected chi connectivity index (χ3v) is 7.06. The molecule has 0 unspecified atom stereocenters. The Morgan fingerprint density at radius 2 is 1.83 bits per heavy atom. The zero-order valence-electron chi connectivity index (χ0n) is 16.7. The van der Waals surface area contributed by atoms with Gasteiger partial charge in [0.15, 0.2) is 0 Å². The van der Waals surface area contributed by atoms with Crippen LogP contribution in [0.3, 0.4) is 0 Å². The minimum Gasteiger partial charge on any atom is -0.325 e. The van der Waals surface area contributed by atoms with Crippen LogP contribution in [0.2, 0.25) is 0 Å². The number of amides is 3. The lowest BCUT2D eigenvalue weighted by Gasteiger charge is -2.36. The molecule has 2 atom stereocenters. The molecule has 5 rings (SSSR count). The monoisotopic (exact) mass is 420 g/mol. The topological polar surface area (TPSA) is 65.5 Å². The number of carbonyl (C=O) groups excluding carboxylic acids is 2. The van der Waals surface area contributed by atoms with Crippen LogP contribution in [0, 0.1) is 0 Å². The van der Waals surface area contributed by atoms with Gasteiger partial charge in [-0.3, -0.25) is 9.69 Å². The predicted molar refractivity (Wildman–Crippen MR) is 117 cm³/mol. The molecule has 30 heavy (non-hydrogen) atoms. The van der Waals surface area contributed by atoms with Crippen LogP contribution in [-0.4, -0.2) is 46.0 Å². The Morgan fingerprint density at radius 3 is 2.67 bits per heavy atom. The Balaban J connectivity index is 1.33. The van der Waals surface area contributed by atoms with E-state index in [0.717, 1.165) is 41.9 Å². The normalized spacial score (nSPS) is 22.6. The van der Waals surface area contributed by atoms with Crippen molar-refractivity contribution in [2.24, 2.45) is 0 Å². The molecule has 0 radical (unpaired) electrons. The standard InChI is InChI=1S/C23H24N4O2S/c28-22-18(14-16-8-2-1-3-9-16)25-23(29)27(22)15-26-13-7-6-11-19(26)21-24-17-10-4-5-12-20(17)30-21/h1-5,8-10,12,18-19H,6-7,11,13-15H2,(H,25,29)/t18-,19-/m1/s1. The lowest BCUT2D eigenvalue weighted by atomic mass is 10.0. The molecule has 3 heterocycles. The predicted octanol–water partition coefficient (Wildman–Crippen LogP) is 3.94. The summed E-state index contributed by atoms with van der Waals surface area (Å²) in [5.74, 6) is -0.141. The van der Waals surface area contributed by atoms with E-state index < -0.39 is 6.04 Å². The van der Waals surface area contributed by atoms with Crippen LogP contribution in [0.25, 0.3) is 10.2 Å². The number of nitrogens with one attached hydrogen (secondary N) is 1. The van der Waals surface area contributed by atoms with Crippen molar-refractivity contribution in [1.82, 2.24) is 20.1 Å². The molecule has 3 amide bonds. The lowest BCUT2D eigenvalue weighted by Crippen LogP contribution is -2.45. The van der Waals surface area contributed by atoms with Crippen LogP contribution in [0.4, 0.5) is 4.79 Å². The number of thiazole rings is 1. The van der Waals surface area contributed by atoms with Crippen molar-refractivity contribution in [3.63, 3.8) is 0 Å². The number of carbonyl (C=O) groups is 2. The van der Waals surface area contributed by atoms with Gasteiger partial charge in [0.2, 0.25) is 0 Å². The number of hydrogen-bond donors (Lipinski definition) is 1. The largest absolute Gasteiger partial charge is 0.325 e. The van der Waals surface area contributed by atoms with E-state index >= 15 is 0 Å². The zero-order chi connectivity index (χ0) is 20.5. The van der Waals surface area contributed by atoms with Gasteiger partial charge in [0, 0.05) is 13.0 Å². The van der Waals surface area contributed by atoms with E-state index in [-0.39, 0.29) is 18.0 Å². The number of piperidine rings is 1. The first-order valence-corrected chi connectivity index (χ1v) is 11.3. The van der Waals surface area contributed by atoms with Crippen molar-refractivity contribution in [2.45, 2.75) is 37.8 Å². The van der Waals surface area contributed by atoms with Crippen LogP contribution in [0.5, 0.6) is 0 Å². The highest BCUT2D eigenvalue weighted by Gasteiger charge is 2.40. The van der Waals surface area contributed by atoms with Gasteiger partial charge in [-0.15, -0.1) is 11.3 Å². The average molecular weight is 421 g/mol. The molecular formula is C23H24N4O2S. The number of rotatable bonds is 5. The van der Waals surface area contributed by atoms with E-state index in [4.69, 9.17) is 4.98 Å². The van der Waals surface area contributed by atoms with Gasteiger partial charge in [0.1, 0.15) is 11.0 Å². The maximum Gasteiger partial charge on any atom is 0.325 e. The molecule has 0 aliphatic carbocycles. The number of benzene rings is 2. The average Bonchev–Trinajstić information content (AvgIpc) is 3.31. The van der Waals surface area contributed by atoms with Gasteiger partial charge in [0.25, 0.3) is 5.91 Å². The summed E-state index contributed by atoms with van der Waals surface area (Å²) in [5.41, 5.74) is 2.06. The highest BCUT2D eigenvalue weighted by molar-refractivity contribution is 7.18. The summed E-state index contributed by atoms with van der Waals surface area (Å²) in [6.07, 6.45) is 3.71. The third kappa shape index (κ3) is 3.70. The second-order valence-corrected chi connectivity index (χ2v) is 9.01. The number of urea groups is 1. The summed E-state index contributed by atoms with van der Waals surface area (Å²) < 4.78 is 1.18. The fraction of sp³-hybridized carbons (Fsp3) is 0.348. The minimum atomic E-state index is -0.495. The van der Waals surface area contributed by atoms with E-state index in [1.807, 2.05) is 48.5 Å². The van der Waals surface area contributed by atoms with E-state index in [1.54, 1.807) is 11.3 Å². The quantitative estimate of drug-likeness (QED) is 0.635. The molecule has 2 aromatic carbocycles. The van der Waals surface area contributed by atoms with Crippen molar-refractivity contribution < 1.29 is 9.59 Å². The Morgan fingerprint density at radius 1 is 1.03 bits per heavy atom. The molecule has 1 aromatic heterocycles. The van der Waals surface area contributed by atoms with Gasteiger partial charge in [0.05, 0.1) is 22.9 Å². The van der Waals surface area contributed by atoms with Crippen LogP contribution in [0.15, 0.2) is 54.6 Å². The first-order valence-electron chi connectivity index (χ1n) is 10.4. The van der Waals surface area contributed by atoms with Gasteiger partial charge in [-0.1, -0.05) is 48.9 Å². The molecule has 6 nitrogen and oxygen atoms in total. The number of imide groups is 1. The first kappa shape index (κ1) is 19.2. The molecule has 3 aromatic rings. The SMILES string of the molecule is O=C1N[C@H](Cc2ccccc2)C(=O)N1CN1CCCC[C@@H]1c1nc2ccccc2s1. The van der Waals surface area contributed by atoms with E-state index in [9.17, 15) is 9.59 Å². The van der Waals surface area contributed by atoms with Gasteiger partial charge in [-0.05, 0) is 30.5 Å². The number of fused-ring (bicyclic) bond motifs is 1. The number of aromatic nitrogens is 1. The summed E-state index contributed by atoms with van der Waals surface area (Å²) in [7, 11) is 0. The van der Waals surface area contributed by atoms with Gasteiger partial charge in [-0.25, -0.2) is 14.7 Å². The summed E-state index contributed by atoms with van der Waals surface area (Å²) in [6.45, 7) is 1.18. The molecule has 2 aliphatic rings. The van der Waals surface area contributed by atoms with Crippen LogP contribution < -0.4 is 5.32 Å². The molecule has 0 spiro atoms. The Bertz CT molecular complexity index is 1030. The smallest absolute Gasteiger partial charge is 0.325 e. The highest BCUT2D eigenvalue weighted by atomic mass is 32.1. The maximum absolute atomic E-state index is 13.0. The highest BCUT2D eigenvalue weighted by Crippen LogP contribution is 2.35. The molecule has 0 bridgehead atoms. The molecule has 154 valence electrons. The second kappa shape index (κ2) is 8.16. The summed E-state index contributed by atoms with van der Waals surface area (Å²) in [6, 6.07) is 17.3. The van der Waals surface area contributed by atoms with Gasteiger partial charge < -0.3 is 5.32 Å². The van der Waals surface area contributed by atoms with Crippen molar-refractivity contribution in [3.8, 4) is 0 Å². The molecule has 2 fully saturated rings. The number of para-hydroxylation sites is 1. The number of hydrogen-bond acceptors (Lipinski definition) is 5. The second-order valence-electron chi connectivity index (χ2n) is 7.94. The molecule has 1 N–H and O–H groups in total. The summed E-state index contributed by atoms with van der Waals surface area (Å²) in [5, 5.41) is 3.94. The van der Waals surface area contributed by atoms with Crippen LogP contribution >= 0.6 is 11.3 Å². The first-order chi connectivity index (χ1) is 14.7. The van der Waals surface area contributed by atoms with Crippen molar-refractivity contribution in [3.05, 3.63) is 65.2 Å². The molecule has 2 aliphatic heterocycles. The Kier molecular flexibility index (Phi) is 5.23. The van der Waals surface area contributed by atoms with Crippen molar-refractivity contribution in [2.75, 3.05) is 13.2 Å². The van der Waals surface area contributed by atoms with E-state index in [0.29, 0.717) is 13.1 Å². The van der Waals surface area contributed by atoms with Gasteiger partial charge >= 0.3 is 6.03 Å². The summed E-state index contributed by atoms with van der Waals surface area (Å²) >= 11 is 1.71. The molecule has 0 saturated carbocycles. The van der Waals surface area contributed by atoms with Crippen LogP contribution in [0.1, 0.15) is 35.9 Å². The fourth-order valence-electron chi connectivity index (χ4n) is 4.35. The minimum absolute atomic E-state index is 0.141. The lowest BCUT2D eigenvalue weighted by molar-refractivity contribution is -0.129. The molecular weight excluding hydrogens is 396 g/mol. The number of nitrogens with zero attached hydrogens (tertiary/aromatic N) is 3. The van der Waals surface area contributed by atoms with Crippen molar-refractivity contribution in [1.29, 1.82) is 0 Å². The van der Waals surface area contributed by atoms with E-state index in [1.165, 1.54) is 9.60 Å². The van der Waals surface area contributed by atoms with E-state index in [2.05, 4.69) is 16.3 Å². The maximum atomic E-state index is 13.0. The van der Waals surface area contributed by atoms with Gasteiger partial charge in [-0.2, -0.15) is 0 Å². The summed E-state index contributed by atoms with van der Waals surface area (Å²) in [4.78, 5) is 34.0. The van der Waals surface area contributed by atoms with Crippen LogP contribution in [-0.2, 0) is 11.2 Å². The molecule has 7 heteroatoms. The Labute approximate surface area is 179 Å². The fourth-order valence-corrected chi connectivity index (χ4v) is 5.49.